The number of benzene rings is 1. The highest BCUT2D eigenvalue weighted by Crippen LogP contribution is 2.31. The molecule has 174 valence electrons. The number of halogens is 1. The Balaban J connectivity index is 1.43. The zero-order valence-corrected chi connectivity index (χ0v) is 18.6. The van der Waals surface area contributed by atoms with Crippen molar-refractivity contribution in [2.24, 2.45) is 5.73 Å². The molecule has 1 aromatic carbocycles. The lowest BCUT2D eigenvalue weighted by atomic mass is 10.0. The van der Waals surface area contributed by atoms with Gasteiger partial charge in [0.15, 0.2) is 11.6 Å². The van der Waals surface area contributed by atoms with Gasteiger partial charge < -0.3 is 20.5 Å². The summed E-state index contributed by atoms with van der Waals surface area (Å²) in [6.45, 7) is 1.19. The quantitative estimate of drug-likeness (QED) is 0.450. The van der Waals surface area contributed by atoms with Gasteiger partial charge in [-0.3, -0.25) is 0 Å². The maximum Gasteiger partial charge on any atom is 0.166 e. The highest BCUT2D eigenvalue weighted by Gasteiger charge is 2.34. The van der Waals surface area contributed by atoms with Crippen molar-refractivity contribution in [3.63, 3.8) is 0 Å². The van der Waals surface area contributed by atoms with E-state index >= 15 is 0 Å². The maximum atomic E-state index is 14.5. The minimum atomic E-state index is -0.609. The third-order valence-corrected chi connectivity index (χ3v) is 5.93. The second-order valence-corrected chi connectivity index (χ2v) is 8.30. The number of rotatable bonds is 6. The molecule has 5 rings (SSSR count). The van der Waals surface area contributed by atoms with Crippen LogP contribution >= 0.6 is 0 Å². The summed E-state index contributed by atoms with van der Waals surface area (Å²) in [5.41, 5.74) is 7.12. The normalized spacial score (nSPS) is 17.8. The summed E-state index contributed by atoms with van der Waals surface area (Å²) in [4.78, 5) is 15.6. The fourth-order valence-corrected chi connectivity index (χ4v) is 4.05. The number of pyridine rings is 1. The van der Waals surface area contributed by atoms with E-state index in [9.17, 15) is 9.50 Å². The van der Waals surface area contributed by atoms with E-state index in [-0.39, 0.29) is 18.0 Å². The molecule has 0 spiro atoms. The standard InChI is InChI=1S/C24H24FN7O2/c1-34-19-5-2-4-17(25)22(19)23-27-10-8-18(29-23)16-12-28-32(13-16)21-7-3-6-20(30-21)31-11-9-24(26,14-31)15-33/h2-8,10,12-13,33H,9,11,14-15,26H2,1H3. The SMILES string of the molecule is COc1cccc(F)c1-c1nccc(-c2cnn(-c3cccc(N4CCC(N)(CO)C4)n3)c2)n1. The van der Waals surface area contributed by atoms with Gasteiger partial charge in [0, 0.05) is 31.0 Å². The second kappa shape index (κ2) is 8.81. The topological polar surface area (TPSA) is 115 Å². The molecular formula is C24H24FN7O2. The Morgan fingerprint density at radius 1 is 1.15 bits per heavy atom. The van der Waals surface area contributed by atoms with Crippen LogP contribution in [0.5, 0.6) is 5.75 Å². The van der Waals surface area contributed by atoms with Crippen LogP contribution in [0, 0.1) is 5.82 Å². The average molecular weight is 462 g/mol. The third-order valence-electron chi connectivity index (χ3n) is 5.93. The molecule has 1 atom stereocenters. The second-order valence-electron chi connectivity index (χ2n) is 8.30. The van der Waals surface area contributed by atoms with E-state index in [0.29, 0.717) is 30.2 Å². The number of aromatic nitrogens is 5. The first-order valence-corrected chi connectivity index (χ1v) is 10.8. The van der Waals surface area contributed by atoms with Gasteiger partial charge in [-0.05, 0) is 36.8 Å². The molecule has 3 N–H and O–H groups in total. The maximum absolute atomic E-state index is 14.5. The van der Waals surface area contributed by atoms with Crippen LogP contribution in [-0.4, -0.2) is 62.2 Å². The Labute approximate surface area is 195 Å². The smallest absolute Gasteiger partial charge is 0.166 e. The van der Waals surface area contributed by atoms with Crippen molar-refractivity contribution in [1.29, 1.82) is 0 Å². The Hall–Kier alpha value is -3.89. The Kier molecular flexibility index (Phi) is 5.68. The van der Waals surface area contributed by atoms with Gasteiger partial charge in [-0.2, -0.15) is 5.10 Å². The summed E-state index contributed by atoms with van der Waals surface area (Å²) in [7, 11) is 1.48. The lowest BCUT2D eigenvalue weighted by molar-refractivity contribution is 0.210. The molecule has 10 heteroatoms. The molecule has 1 fully saturated rings. The Morgan fingerprint density at radius 3 is 2.76 bits per heavy atom. The number of methoxy groups -OCH3 is 1. The van der Waals surface area contributed by atoms with Crippen molar-refractivity contribution >= 4 is 5.82 Å². The molecule has 1 aliphatic rings. The minimum absolute atomic E-state index is 0.0641. The number of nitrogens with two attached hydrogens (primary N) is 1. The summed E-state index contributed by atoms with van der Waals surface area (Å²) in [5.74, 6) is 1.53. The van der Waals surface area contributed by atoms with Crippen molar-refractivity contribution in [2.75, 3.05) is 31.7 Å². The van der Waals surface area contributed by atoms with Crippen LogP contribution < -0.4 is 15.4 Å². The largest absolute Gasteiger partial charge is 0.496 e. The average Bonchev–Trinajstić information content (AvgIpc) is 3.52. The van der Waals surface area contributed by atoms with E-state index in [1.807, 2.05) is 24.4 Å². The molecule has 1 saturated heterocycles. The van der Waals surface area contributed by atoms with Gasteiger partial charge in [-0.1, -0.05) is 12.1 Å². The predicted octanol–water partition coefficient (Wildman–Crippen LogP) is 2.44. The van der Waals surface area contributed by atoms with Gasteiger partial charge >= 0.3 is 0 Å². The van der Waals surface area contributed by atoms with Gasteiger partial charge in [0.05, 0.1) is 36.7 Å². The van der Waals surface area contributed by atoms with Gasteiger partial charge in [0.2, 0.25) is 0 Å². The van der Waals surface area contributed by atoms with E-state index in [1.54, 1.807) is 35.3 Å². The highest BCUT2D eigenvalue weighted by atomic mass is 19.1. The molecule has 4 heterocycles. The van der Waals surface area contributed by atoms with E-state index in [4.69, 9.17) is 15.5 Å². The highest BCUT2D eigenvalue weighted by molar-refractivity contribution is 5.68. The number of ether oxygens (including phenoxy) is 1. The first kappa shape index (κ1) is 21.9. The zero-order chi connectivity index (χ0) is 23.7. The number of aliphatic hydroxyl groups excluding tert-OH is 1. The molecule has 3 aromatic heterocycles. The van der Waals surface area contributed by atoms with Crippen molar-refractivity contribution in [2.45, 2.75) is 12.0 Å². The van der Waals surface area contributed by atoms with E-state index < -0.39 is 11.4 Å². The fraction of sp³-hybridized carbons (Fsp3) is 0.250. The van der Waals surface area contributed by atoms with Crippen molar-refractivity contribution in [1.82, 2.24) is 24.7 Å². The molecule has 0 saturated carbocycles. The van der Waals surface area contributed by atoms with Gasteiger partial charge in [0.1, 0.15) is 17.4 Å². The van der Waals surface area contributed by atoms with Crippen LogP contribution in [-0.2, 0) is 0 Å². The third kappa shape index (κ3) is 4.09. The van der Waals surface area contributed by atoms with Crippen LogP contribution in [0.15, 0.2) is 61.1 Å². The van der Waals surface area contributed by atoms with Gasteiger partial charge in [-0.25, -0.2) is 24.0 Å². The summed E-state index contributed by atoms with van der Waals surface area (Å²) < 4.78 is 21.5. The fourth-order valence-electron chi connectivity index (χ4n) is 4.05. The number of hydrogen-bond acceptors (Lipinski definition) is 8. The molecule has 0 aliphatic carbocycles. The monoisotopic (exact) mass is 461 g/mol. The Bertz CT molecular complexity index is 1330. The molecule has 0 amide bonds. The summed E-state index contributed by atoms with van der Waals surface area (Å²) in [5, 5.41) is 14.0. The molecular weight excluding hydrogens is 437 g/mol. The van der Waals surface area contributed by atoms with Crippen LogP contribution in [0.2, 0.25) is 0 Å². The molecule has 1 aliphatic heterocycles. The minimum Gasteiger partial charge on any atom is -0.496 e. The summed E-state index contributed by atoms with van der Waals surface area (Å²) in [6.07, 6.45) is 5.75. The first-order valence-electron chi connectivity index (χ1n) is 10.8. The number of hydrogen-bond donors (Lipinski definition) is 2. The molecule has 0 bridgehead atoms. The number of nitrogens with zero attached hydrogens (tertiary/aromatic N) is 6. The van der Waals surface area contributed by atoms with Crippen LogP contribution in [0.3, 0.4) is 0 Å². The van der Waals surface area contributed by atoms with E-state index in [1.165, 1.54) is 13.2 Å². The molecule has 0 radical (unpaired) electrons. The van der Waals surface area contributed by atoms with Gasteiger partial charge in [-0.15, -0.1) is 0 Å². The first-order chi connectivity index (χ1) is 16.5. The number of anilines is 1. The van der Waals surface area contributed by atoms with Crippen molar-refractivity contribution in [3.05, 3.63) is 66.9 Å². The lowest BCUT2D eigenvalue weighted by Crippen LogP contribution is -2.46. The molecule has 9 nitrogen and oxygen atoms in total. The van der Waals surface area contributed by atoms with E-state index in [2.05, 4.69) is 20.0 Å². The van der Waals surface area contributed by atoms with Gasteiger partial charge in [0.25, 0.3) is 0 Å². The van der Waals surface area contributed by atoms with Crippen molar-refractivity contribution < 1.29 is 14.2 Å². The lowest BCUT2D eigenvalue weighted by Gasteiger charge is -2.22. The number of aliphatic hydroxyl groups is 1. The molecule has 1 unspecified atom stereocenters. The van der Waals surface area contributed by atoms with Crippen LogP contribution in [0.25, 0.3) is 28.5 Å². The molecule has 4 aromatic rings. The van der Waals surface area contributed by atoms with E-state index in [0.717, 1.165) is 17.9 Å². The zero-order valence-electron chi connectivity index (χ0n) is 18.6. The van der Waals surface area contributed by atoms with Crippen molar-refractivity contribution in [3.8, 4) is 34.2 Å². The summed E-state index contributed by atoms with van der Waals surface area (Å²) in [6, 6.07) is 12.0. The predicted molar refractivity (Wildman–Crippen MR) is 125 cm³/mol. The Morgan fingerprint density at radius 2 is 1.97 bits per heavy atom. The van der Waals surface area contributed by atoms with Crippen LogP contribution in [0.4, 0.5) is 10.2 Å². The summed E-state index contributed by atoms with van der Waals surface area (Å²) >= 11 is 0. The van der Waals surface area contributed by atoms with Crippen LogP contribution in [0.1, 0.15) is 6.42 Å². The molecule has 34 heavy (non-hydrogen) atoms.